The standard InChI is InChI=1S/C11H13BrN4O/c1-17-11-3-2-9(12)4-8(11)6-16-7-10(5-13)14-15-16/h2-4,7H,5-6,13H2,1H3. The molecule has 0 fully saturated rings. The summed E-state index contributed by atoms with van der Waals surface area (Å²) in [6.07, 6.45) is 1.83. The molecule has 0 bridgehead atoms. The highest BCUT2D eigenvalue weighted by Gasteiger charge is 2.06. The van der Waals surface area contributed by atoms with Crippen LogP contribution in [-0.2, 0) is 13.1 Å². The second kappa shape index (κ2) is 5.29. The molecule has 0 aliphatic heterocycles. The van der Waals surface area contributed by atoms with Crippen LogP contribution in [0.15, 0.2) is 28.9 Å². The van der Waals surface area contributed by atoms with Crippen LogP contribution < -0.4 is 10.5 Å². The van der Waals surface area contributed by atoms with Gasteiger partial charge in [-0.2, -0.15) is 0 Å². The minimum Gasteiger partial charge on any atom is -0.496 e. The van der Waals surface area contributed by atoms with E-state index in [2.05, 4.69) is 26.2 Å². The zero-order valence-corrected chi connectivity index (χ0v) is 11.0. The molecule has 0 saturated heterocycles. The van der Waals surface area contributed by atoms with E-state index >= 15 is 0 Å². The molecule has 2 N–H and O–H groups in total. The number of hydrogen-bond donors (Lipinski definition) is 1. The van der Waals surface area contributed by atoms with Crippen LogP contribution in [0.4, 0.5) is 0 Å². The summed E-state index contributed by atoms with van der Waals surface area (Å²) in [4.78, 5) is 0. The van der Waals surface area contributed by atoms with Crippen molar-refractivity contribution in [1.82, 2.24) is 15.0 Å². The Labute approximate surface area is 108 Å². The van der Waals surface area contributed by atoms with Crippen molar-refractivity contribution in [1.29, 1.82) is 0 Å². The van der Waals surface area contributed by atoms with Crippen molar-refractivity contribution in [3.05, 3.63) is 40.1 Å². The van der Waals surface area contributed by atoms with Gasteiger partial charge in [-0.15, -0.1) is 5.10 Å². The molecule has 90 valence electrons. The molecule has 0 atom stereocenters. The van der Waals surface area contributed by atoms with Crippen LogP contribution in [0.25, 0.3) is 0 Å². The van der Waals surface area contributed by atoms with Gasteiger partial charge in [0.05, 0.1) is 25.5 Å². The molecule has 2 aromatic rings. The molecule has 1 heterocycles. The van der Waals surface area contributed by atoms with Gasteiger partial charge in [0.15, 0.2) is 0 Å². The number of hydrogen-bond acceptors (Lipinski definition) is 4. The van der Waals surface area contributed by atoms with Crippen LogP contribution >= 0.6 is 15.9 Å². The Morgan fingerprint density at radius 1 is 1.47 bits per heavy atom. The molecule has 0 amide bonds. The summed E-state index contributed by atoms with van der Waals surface area (Å²) in [5.41, 5.74) is 7.30. The lowest BCUT2D eigenvalue weighted by molar-refractivity contribution is 0.407. The molecule has 17 heavy (non-hydrogen) atoms. The topological polar surface area (TPSA) is 66.0 Å². The van der Waals surface area contributed by atoms with Crippen molar-refractivity contribution >= 4 is 15.9 Å². The normalized spacial score (nSPS) is 10.5. The number of nitrogens with zero attached hydrogens (tertiary/aromatic N) is 3. The first-order valence-electron chi connectivity index (χ1n) is 5.14. The Bertz CT molecular complexity index is 512. The summed E-state index contributed by atoms with van der Waals surface area (Å²) in [7, 11) is 1.65. The highest BCUT2D eigenvalue weighted by atomic mass is 79.9. The fraction of sp³-hybridized carbons (Fsp3) is 0.273. The Morgan fingerprint density at radius 3 is 2.94 bits per heavy atom. The molecule has 0 aliphatic carbocycles. The molecule has 0 spiro atoms. The Kier molecular flexibility index (Phi) is 3.75. The van der Waals surface area contributed by atoms with Gasteiger partial charge in [0.1, 0.15) is 5.75 Å². The van der Waals surface area contributed by atoms with E-state index in [4.69, 9.17) is 10.5 Å². The van der Waals surface area contributed by atoms with Crippen molar-refractivity contribution in [3.63, 3.8) is 0 Å². The first kappa shape index (κ1) is 12.1. The van der Waals surface area contributed by atoms with E-state index in [9.17, 15) is 0 Å². The lowest BCUT2D eigenvalue weighted by Crippen LogP contribution is -2.02. The number of benzene rings is 1. The Hall–Kier alpha value is -1.40. The maximum atomic E-state index is 5.49. The average molecular weight is 297 g/mol. The summed E-state index contributed by atoms with van der Waals surface area (Å²) >= 11 is 3.44. The lowest BCUT2D eigenvalue weighted by atomic mass is 10.2. The average Bonchev–Trinajstić information content (AvgIpc) is 2.77. The molecular weight excluding hydrogens is 284 g/mol. The second-order valence-electron chi connectivity index (χ2n) is 3.57. The van der Waals surface area contributed by atoms with E-state index in [-0.39, 0.29) is 0 Å². The second-order valence-corrected chi connectivity index (χ2v) is 4.48. The first-order chi connectivity index (χ1) is 8.22. The number of aromatic nitrogens is 3. The highest BCUT2D eigenvalue weighted by molar-refractivity contribution is 9.10. The zero-order valence-electron chi connectivity index (χ0n) is 9.43. The van der Waals surface area contributed by atoms with Crippen LogP contribution in [0.3, 0.4) is 0 Å². The number of halogens is 1. The molecule has 0 aliphatic rings. The molecular formula is C11H13BrN4O. The van der Waals surface area contributed by atoms with Crippen molar-refractivity contribution in [2.45, 2.75) is 13.1 Å². The van der Waals surface area contributed by atoms with Gasteiger partial charge in [0.2, 0.25) is 0 Å². The van der Waals surface area contributed by atoms with Crippen molar-refractivity contribution in [3.8, 4) is 5.75 Å². The van der Waals surface area contributed by atoms with E-state index < -0.39 is 0 Å². The van der Waals surface area contributed by atoms with Gasteiger partial charge in [-0.25, -0.2) is 4.68 Å². The predicted molar refractivity (Wildman–Crippen MR) is 67.7 cm³/mol. The Morgan fingerprint density at radius 2 is 2.29 bits per heavy atom. The van der Waals surface area contributed by atoms with Crippen molar-refractivity contribution < 1.29 is 4.74 Å². The van der Waals surface area contributed by atoms with Crippen LogP contribution in [0.2, 0.25) is 0 Å². The van der Waals surface area contributed by atoms with Gasteiger partial charge in [-0.3, -0.25) is 0 Å². The minimum atomic E-state index is 0.398. The quantitative estimate of drug-likeness (QED) is 0.930. The monoisotopic (exact) mass is 296 g/mol. The minimum absolute atomic E-state index is 0.398. The van der Waals surface area contributed by atoms with E-state index in [1.165, 1.54) is 0 Å². The highest BCUT2D eigenvalue weighted by Crippen LogP contribution is 2.23. The number of nitrogens with two attached hydrogens (primary N) is 1. The zero-order chi connectivity index (χ0) is 12.3. The van der Waals surface area contributed by atoms with Gasteiger partial charge in [0, 0.05) is 16.6 Å². The number of methoxy groups -OCH3 is 1. The summed E-state index contributed by atoms with van der Waals surface area (Å²) in [5.74, 6) is 0.831. The molecule has 0 saturated carbocycles. The van der Waals surface area contributed by atoms with E-state index in [0.29, 0.717) is 13.1 Å². The first-order valence-corrected chi connectivity index (χ1v) is 5.93. The maximum absolute atomic E-state index is 5.49. The maximum Gasteiger partial charge on any atom is 0.124 e. The van der Waals surface area contributed by atoms with Crippen LogP contribution in [0, 0.1) is 0 Å². The summed E-state index contributed by atoms with van der Waals surface area (Å²) in [6.45, 7) is 1.01. The molecule has 2 rings (SSSR count). The molecule has 0 unspecified atom stereocenters. The fourth-order valence-corrected chi connectivity index (χ4v) is 1.96. The Balaban J connectivity index is 2.25. The van der Waals surface area contributed by atoms with Gasteiger partial charge >= 0.3 is 0 Å². The van der Waals surface area contributed by atoms with E-state index in [1.807, 2.05) is 24.4 Å². The van der Waals surface area contributed by atoms with Gasteiger partial charge < -0.3 is 10.5 Å². The summed E-state index contributed by atoms with van der Waals surface area (Å²) < 4.78 is 8.05. The van der Waals surface area contributed by atoms with Crippen LogP contribution in [0.5, 0.6) is 5.75 Å². The van der Waals surface area contributed by atoms with E-state index in [0.717, 1.165) is 21.5 Å². The largest absolute Gasteiger partial charge is 0.496 e. The lowest BCUT2D eigenvalue weighted by Gasteiger charge is -2.08. The SMILES string of the molecule is COc1ccc(Br)cc1Cn1cc(CN)nn1. The third-order valence-corrected chi connectivity index (χ3v) is 2.86. The third-order valence-electron chi connectivity index (χ3n) is 2.37. The summed E-state index contributed by atoms with van der Waals surface area (Å²) in [6, 6.07) is 5.86. The van der Waals surface area contributed by atoms with Crippen LogP contribution in [0.1, 0.15) is 11.3 Å². The van der Waals surface area contributed by atoms with Crippen molar-refractivity contribution in [2.75, 3.05) is 7.11 Å². The predicted octanol–water partition coefficient (Wildman–Crippen LogP) is 1.56. The molecule has 5 nitrogen and oxygen atoms in total. The van der Waals surface area contributed by atoms with Gasteiger partial charge in [-0.05, 0) is 18.2 Å². The molecule has 6 heteroatoms. The number of ether oxygens (including phenoxy) is 1. The third kappa shape index (κ3) is 2.83. The van der Waals surface area contributed by atoms with Gasteiger partial charge in [0.25, 0.3) is 0 Å². The smallest absolute Gasteiger partial charge is 0.124 e. The molecule has 0 radical (unpaired) electrons. The summed E-state index contributed by atoms with van der Waals surface area (Å²) in [5, 5.41) is 7.95. The van der Waals surface area contributed by atoms with Crippen LogP contribution in [-0.4, -0.2) is 22.1 Å². The van der Waals surface area contributed by atoms with Crippen molar-refractivity contribution in [2.24, 2.45) is 5.73 Å². The fourth-order valence-electron chi connectivity index (χ4n) is 1.55. The molecule has 1 aromatic heterocycles. The number of rotatable bonds is 4. The van der Waals surface area contributed by atoms with Gasteiger partial charge in [-0.1, -0.05) is 21.1 Å². The molecule has 1 aromatic carbocycles. The van der Waals surface area contributed by atoms with E-state index in [1.54, 1.807) is 11.8 Å².